The van der Waals surface area contributed by atoms with Crippen molar-refractivity contribution >= 4 is 11.9 Å². The minimum Gasteiger partial charge on any atom is -0.496 e. The molecule has 27 heavy (non-hydrogen) atoms. The Morgan fingerprint density at radius 2 is 1.81 bits per heavy atom. The summed E-state index contributed by atoms with van der Waals surface area (Å²) in [4.78, 5) is 23.7. The summed E-state index contributed by atoms with van der Waals surface area (Å²) < 4.78 is 10.6. The third-order valence-electron chi connectivity index (χ3n) is 4.15. The first-order valence-corrected chi connectivity index (χ1v) is 8.86. The minimum absolute atomic E-state index is 0.0660. The van der Waals surface area contributed by atoms with Crippen LogP contribution in [0.1, 0.15) is 18.1 Å². The number of nitrogens with one attached hydrogen (secondary N) is 1. The second-order valence-electron chi connectivity index (χ2n) is 6.11. The number of hydrogen-bond acceptors (Lipinski definition) is 4. The van der Waals surface area contributed by atoms with E-state index >= 15 is 0 Å². The Morgan fingerprint density at radius 3 is 2.44 bits per heavy atom. The lowest BCUT2D eigenvalue weighted by atomic mass is 9.99. The van der Waals surface area contributed by atoms with Gasteiger partial charge in [-0.3, -0.25) is 9.59 Å². The highest BCUT2D eigenvalue weighted by Crippen LogP contribution is 2.18. The van der Waals surface area contributed by atoms with Gasteiger partial charge in [0.1, 0.15) is 11.5 Å². The van der Waals surface area contributed by atoms with E-state index in [9.17, 15) is 14.7 Å². The van der Waals surface area contributed by atoms with Gasteiger partial charge in [-0.1, -0.05) is 30.3 Å². The van der Waals surface area contributed by atoms with E-state index in [1.807, 2.05) is 49.4 Å². The van der Waals surface area contributed by atoms with Crippen molar-refractivity contribution in [2.75, 3.05) is 20.3 Å². The molecule has 0 saturated heterocycles. The highest BCUT2D eigenvalue weighted by molar-refractivity contribution is 5.80. The van der Waals surface area contributed by atoms with Crippen LogP contribution in [0.5, 0.6) is 11.5 Å². The molecule has 0 radical (unpaired) electrons. The topological polar surface area (TPSA) is 84.9 Å². The summed E-state index contributed by atoms with van der Waals surface area (Å²) in [6.07, 6.45) is 0.468. The number of carbonyl (C=O) groups is 2. The SMILES string of the molecule is CCOc1ccc(CC(CNC(=O)Cc2ccccc2OC)C(=O)O)cc1. The molecule has 1 atom stereocenters. The molecule has 0 aromatic heterocycles. The Balaban J connectivity index is 1.91. The van der Waals surface area contributed by atoms with Gasteiger partial charge in [0.05, 0.1) is 26.1 Å². The molecule has 2 N–H and O–H groups in total. The van der Waals surface area contributed by atoms with Gasteiger partial charge < -0.3 is 19.9 Å². The number of amides is 1. The predicted octanol–water partition coefficient (Wildman–Crippen LogP) is 2.70. The van der Waals surface area contributed by atoms with Gasteiger partial charge in [0.2, 0.25) is 5.91 Å². The van der Waals surface area contributed by atoms with Gasteiger partial charge in [0.25, 0.3) is 0 Å². The molecule has 0 aliphatic carbocycles. The van der Waals surface area contributed by atoms with Crippen molar-refractivity contribution in [2.24, 2.45) is 5.92 Å². The van der Waals surface area contributed by atoms with Crippen molar-refractivity contribution in [1.82, 2.24) is 5.32 Å². The van der Waals surface area contributed by atoms with Gasteiger partial charge in [0.15, 0.2) is 0 Å². The fourth-order valence-electron chi connectivity index (χ4n) is 2.74. The fraction of sp³-hybridized carbons (Fsp3) is 0.333. The Kier molecular flexibility index (Phi) is 7.67. The number of carboxylic acids is 1. The van der Waals surface area contributed by atoms with Crippen molar-refractivity contribution in [1.29, 1.82) is 0 Å². The number of carbonyl (C=O) groups excluding carboxylic acids is 1. The van der Waals surface area contributed by atoms with E-state index in [0.29, 0.717) is 18.8 Å². The number of ether oxygens (including phenoxy) is 2. The van der Waals surface area contributed by atoms with E-state index in [0.717, 1.165) is 16.9 Å². The zero-order valence-electron chi connectivity index (χ0n) is 15.6. The molecule has 6 heteroatoms. The number of aliphatic carboxylic acids is 1. The van der Waals surface area contributed by atoms with Crippen LogP contribution in [0.2, 0.25) is 0 Å². The second-order valence-corrected chi connectivity index (χ2v) is 6.11. The van der Waals surface area contributed by atoms with Gasteiger partial charge in [0, 0.05) is 12.1 Å². The molecule has 0 fully saturated rings. The van der Waals surface area contributed by atoms with Crippen LogP contribution in [-0.4, -0.2) is 37.2 Å². The maximum absolute atomic E-state index is 12.2. The molecule has 2 aromatic rings. The summed E-state index contributed by atoms with van der Waals surface area (Å²) in [5.41, 5.74) is 1.64. The van der Waals surface area contributed by atoms with E-state index in [-0.39, 0.29) is 18.9 Å². The Bertz CT molecular complexity index is 757. The number of para-hydroxylation sites is 1. The van der Waals surface area contributed by atoms with Crippen molar-refractivity contribution in [3.8, 4) is 11.5 Å². The van der Waals surface area contributed by atoms with Crippen LogP contribution >= 0.6 is 0 Å². The number of benzene rings is 2. The van der Waals surface area contributed by atoms with Gasteiger partial charge in [-0.25, -0.2) is 0 Å². The molecule has 2 rings (SSSR count). The third-order valence-corrected chi connectivity index (χ3v) is 4.15. The molecule has 0 heterocycles. The molecule has 0 aliphatic heterocycles. The van der Waals surface area contributed by atoms with Gasteiger partial charge >= 0.3 is 5.97 Å². The first kappa shape index (κ1) is 20.3. The largest absolute Gasteiger partial charge is 0.496 e. The van der Waals surface area contributed by atoms with Crippen LogP contribution in [0.25, 0.3) is 0 Å². The maximum atomic E-state index is 12.2. The summed E-state index contributed by atoms with van der Waals surface area (Å²) in [6.45, 7) is 2.55. The molecule has 0 saturated carbocycles. The number of hydrogen-bond donors (Lipinski definition) is 2. The molecule has 144 valence electrons. The molecule has 0 bridgehead atoms. The van der Waals surface area contributed by atoms with E-state index in [4.69, 9.17) is 9.47 Å². The van der Waals surface area contributed by atoms with Crippen LogP contribution in [0.15, 0.2) is 48.5 Å². The summed E-state index contributed by atoms with van der Waals surface area (Å²) in [6, 6.07) is 14.6. The monoisotopic (exact) mass is 371 g/mol. The number of rotatable bonds is 10. The van der Waals surface area contributed by atoms with Gasteiger partial charge in [-0.2, -0.15) is 0 Å². The van der Waals surface area contributed by atoms with Crippen molar-refractivity contribution in [2.45, 2.75) is 19.8 Å². The van der Waals surface area contributed by atoms with Crippen molar-refractivity contribution in [3.63, 3.8) is 0 Å². The average molecular weight is 371 g/mol. The van der Waals surface area contributed by atoms with Crippen LogP contribution in [0, 0.1) is 5.92 Å². The summed E-state index contributed by atoms with van der Waals surface area (Å²) in [5, 5.41) is 12.2. The number of carboxylic acid groups (broad SMARTS) is 1. The maximum Gasteiger partial charge on any atom is 0.308 e. The molecule has 0 aliphatic rings. The van der Waals surface area contributed by atoms with E-state index in [1.165, 1.54) is 0 Å². The molecule has 1 amide bonds. The number of methoxy groups -OCH3 is 1. The standard InChI is InChI=1S/C21H25NO5/c1-3-27-18-10-8-15(9-11-18)12-17(21(24)25)14-22-20(23)13-16-6-4-5-7-19(16)26-2/h4-11,17H,3,12-14H2,1-2H3,(H,22,23)(H,24,25). The Morgan fingerprint density at radius 1 is 1.11 bits per heavy atom. The van der Waals surface area contributed by atoms with Crippen molar-refractivity contribution in [3.05, 3.63) is 59.7 Å². The quantitative estimate of drug-likeness (QED) is 0.671. The highest BCUT2D eigenvalue weighted by atomic mass is 16.5. The molecule has 0 spiro atoms. The third kappa shape index (κ3) is 6.33. The second kappa shape index (κ2) is 10.2. The average Bonchev–Trinajstić information content (AvgIpc) is 2.67. The summed E-state index contributed by atoms with van der Waals surface area (Å²) in [5.74, 6) is -0.501. The predicted molar refractivity (Wildman–Crippen MR) is 102 cm³/mol. The van der Waals surface area contributed by atoms with Crippen LogP contribution in [0.4, 0.5) is 0 Å². The minimum atomic E-state index is -0.943. The summed E-state index contributed by atoms with van der Waals surface area (Å²) in [7, 11) is 1.55. The lowest BCUT2D eigenvalue weighted by Crippen LogP contribution is -2.35. The first-order valence-electron chi connectivity index (χ1n) is 8.86. The smallest absolute Gasteiger partial charge is 0.308 e. The van der Waals surface area contributed by atoms with Crippen LogP contribution in [0.3, 0.4) is 0 Å². The fourth-order valence-corrected chi connectivity index (χ4v) is 2.74. The van der Waals surface area contributed by atoms with E-state index in [2.05, 4.69) is 5.32 Å². The van der Waals surface area contributed by atoms with Crippen LogP contribution < -0.4 is 14.8 Å². The Hall–Kier alpha value is -3.02. The first-order chi connectivity index (χ1) is 13.0. The molecular weight excluding hydrogens is 346 g/mol. The summed E-state index contributed by atoms with van der Waals surface area (Å²) >= 11 is 0. The zero-order chi connectivity index (χ0) is 19.6. The van der Waals surface area contributed by atoms with Gasteiger partial charge in [-0.05, 0) is 37.1 Å². The molecule has 6 nitrogen and oxygen atoms in total. The van der Waals surface area contributed by atoms with E-state index < -0.39 is 11.9 Å². The van der Waals surface area contributed by atoms with E-state index in [1.54, 1.807) is 13.2 Å². The molecular formula is C21H25NO5. The normalized spacial score (nSPS) is 11.5. The highest BCUT2D eigenvalue weighted by Gasteiger charge is 2.19. The molecule has 2 aromatic carbocycles. The zero-order valence-corrected chi connectivity index (χ0v) is 15.6. The lowest BCUT2D eigenvalue weighted by molar-refractivity contribution is -0.141. The van der Waals surface area contributed by atoms with Crippen molar-refractivity contribution < 1.29 is 24.2 Å². The molecule has 1 unspecified atom stereocenters. The lowest BCUT2D eigenvalue weighted by Gasteiger charge is -2.14. The Labute approximate surface area is 159 Å². The van der Waals surface area contributed by atoms with Gasteiger partial charge in [-0.15, -0.1) is 0 Å². The van der Waals surface area contributed by atoms with Crippen LogP contribution in [-0.2, 0) is 22.4 Å².